The lowest BCUT2D eigenvalue weighted by Gasteiger charge is -2.31. The van der Waals surface area contributed by atoms with Crippen molar-refractivity contribution in [3.8, 4) is 0 Å². The van der Waals surface area contributed by atoms with Crippen molar-refractivity contribution < 1.29 is 25.3 Å². The summed E-state index contributed by atoms with van der Waals surface area (Å²) in [5.74, 6) is 0. The molecule has 0 heterocycles. The predicted molar refractivity (Wildman–Crippen MR) is 80.9 cm³/mol. The van der Waals surface area contributed by atoms with Gasteiger partial charge in [0.2, 0.25) is 0 Å². The summed E-state index contributed by atoms with van der Waals surface area (Å²) in [5, 5.41) is 39.7. The molecule has 1 rings (SSSR count). The highest BCUT2D eigenvalue weighted by molar-refractivity contribution is 6.30. The fourth-order valence-electron chi connectivity index (χ4n) is 0.807. The first-order valence-electron chi connectivity index (χ1n) is 6.29. The molecule has 116 valence electrons. The number of aliphatic hydroxyl groups is 2. The molecule has 0 amide bonds. The first kappa shape index (κ1) is 21.4. The SMILES string of the molecule is CC(C)(O)C(C)(C)O.Cc1cccc(C)c1.OB(O)O. The minimum Gasteiger partial charge on any atom is -0.402 e. The molecule has 1 aromatic carbocycles. The monoisotopic (exact) mass is 286 g/mol. The molecule has 0 aliphatic heterocycles. The Balaban J connectivity index is 0. The van der Waals surface area contributed by atoms with E-state index < -0.39 is 18.5 Å². The maximum atomic E-state index is 9.10. The van der Waals surface area contributed by atoms with Gasteiger partial charge in [0.25, 0.3) is 0 Å². The number of rotatable bonds is 1. The van der Waals surface area contributed by atoms with Crippen LogP contribution in [0.15, 0.2) is 24.3 Å². The number of aryl methyl sites for hydroxylation is 2. The molecular formula is C14H27BO5. The van der Waals surface area contributed by atoms with Crippen LogP contribution in [0.1, 0.15) is 38.8 Å². The summed E-state index contributed by atoms with van der Waals surface area (Å²) in [4.78, 5) is 0. The van der Waals surface area contributed by atoms with Gasteiger partial charge in [0.15, 0.2) is 0 Å². The van der Waals surface area contributed by atoms with Crippen LogP contribution < -0.4 is 0 Å². The minimum absolute atomic E-state index is 1.01. The van der Waals surface area contributed by atoms with E-state index >= 15 is 0 Å². The molecule has 0 spiro atoms. The van der Waals surface area contributed by atoms with Crippen LogP contribution in [0.25, 0.3) is 0 Å². The van der Waals surface area contributed by atoms with Gasteiger partial charge in [-0.2, -0.15) is 0 Å². The first-order chi connectivity index (χ1) is 8.77. The van der Waals surface area contributed by atoms with Gasteiger partial charge in [0.05, 0.1) is 11.2 Å². The van der Waals surface area contributed by atoms with Crippen LogP contribution >= 0.6 is 0 Å². The van der Waals surface area contributed by atoms with Crippen molar-refractivity contribution >= 4 is 7.32 Å². The van der Waals surface area contributed by atoms with Crippen LogP contribution in [-0.2, 0) is 0 Å². The summed E-state index contributed by atoms with van der Waals surface area (Å²) in [5.41, 5.74) is 0.662. The lowest BCUT2D eigenvalue weighted by Crippen LogP contribution is -2.44. The van der Waals surface area contributed by atoms with Gasteiger partial charge in [-0.1, -0.05) is 35.4 Å². The predicted octanol–water partition coefficient (Wildman–Crippen LogP) is 0.780. The summed E-state index contributed by atoms with van der Waals surface area (Å²) in [6.07, 6.45) is 0. The van der Waals surface area contributed by atoms with Gasteiger partial charge < -0.3 is 25.3 Å². The number of hydrogen-bond acceptors (Lipinski definition) is 5. The van der Waals surface area contributed by atoms with Crippen molar-refractivity contribution in [1.29, 1.82) is 0 Å². The van der Waals surface area contributed by atoms with E-state index in [0.29, 0.717) is 0 Å². The van der Waals surface area contributed by atoms with E-state index in [1.165, 1.54) is 11.1 Å². The molecule has 0 aliphatic carbocycles. The standard InChI is InChI=1S/C8H10.C6H14O2.BH3O3/c1-7-4-3-5-8(2)6-7;1-5(2,7)6(3,4)8;2-1(3)4/h3-6H,1-2H3;7-8H,1-4H3;2-4H. The molecule has 0 aliphatic rings. The van der Waals surface area contributed by atoms with Gasteiger partial charge in [-0.15, -0.1) is 0 Å². The summed E-state index contributed by atoms with van der Waals surface area (Å²) >= 11 is 0. The third kappa shape index (κ3) is 13.5. The van der Waals surface area contributed by atoms with Crippen LogP contribution in [0, 0.1) is 13.8 Å². The van der Waals surface area contributed by atoms with Crippen molar-refractivity contribution in [2.45, 2.75) is 52.7 Å². The molecule has 0 saturated heterocycles. The Hall–Kier alpha value is -0.915. The molecular weight excluding hydrogens is 259 g/mol. The maximum Gasteiger partial charge on any atom is 0.631 e. The van der Waals surface area contributed by atoms with Crippen LogP contribution in [0.3, 0.4) is 0 Å². The topological polar surface area (TPSA) is 101 Å². The average Bonchev–Trinajstić information content (AvgIpc) is 2.13. The lowest BCUT2D eigenvalue weighted by molar-refractivity contribution is -0.107. The smallest absolute Gasteiger partial charge is 0.402 e. The Morgan fingerprint density at radius 1 is 0.800 bits per heavy atom. The Labute approximate surface area is 121 Å². The Kier molecular flexibility index (Phi) is 9.73. The lowest BCUT2D eigenvalue weighted by atomic mass is 9.90. The van der Waals surface area contributed by atoms with Crippen molar-refractivity contribution in [3.63, 3.8) is 0 Å². The fraction of sp³-hybridized carbons (Fsp3) is 0.571. The zero-order valence-electron chi connectivity index (χ0n) is 13.1. The number of hydrogen-bond donors (Lipinski definition) is 5. The maximum absolute atomic E-state index is 9.10. The van der Waals surface area contributed by atoms with Crippen LogP contribution in [0.2, 0.25) is 0 Å². The van der Waals surface area contributed by atoms with Crippen molar-refractivity contribution in [2.75, 3.05) is 0 Å². The second kappa shape index (κ2) is 9.10. The summed E-state index contributed by atoms with van der Waals surface area (Å²) < 4.78 is 0. The summed E-state index contributed by atoms with van der Waals surface area (Å²) in [6.45, 7) is 10.5. The first-order valence-corrected chi connectivity index (χ1v) is 6.29. The second-order valence-electron chi connectivity index (χ2n) is 5.62. The zero-order valence-corrected chi connectivity index (χ0v) is 13.1. The largest absolute Gasteiger partial charge is 0.631 e. The van der Waals surface area contributed by atoms with Gasteiger partial charge in [-0.3, -0.25) is 0 Å². The average molecular weight is 286 g/mol. The van der Waals surface area contributed by atoms with E-state index in [2.05, 4.69) is 38.1 Å². The third-order valence-corrected chi connectivity index (χ3v) is 2.67. The van der Waals surface area contributed by atoms with Crippen molar-refractivity contribution in [2.24, 2.45) is 0 Å². The molecule has 20 heavy (non-hydrogen) atoms. The molecule has 0 unspecified atom stereocenters. The molecule has 5 N–H and O–H groups in total. The number of benzene rings is 1. The quantitative estimate of drug-likeness (QED) is 0.491. The highest BCUT2D eigenvalue weighted by atomic mass is 16.5. The van der Waals surface area contributed by atoms with Gasteiger partial charge in [-0.05, 0) is 41.5 Å². The molecule has 0 fully saturated rings. The van der Waals surface area contributed by atoms with E-state index in [0.717, 1.165) is 0 Å². The zero-order chi connectivity index (χ0) is 16.6. The van der Waals surface area contributed by atoms with Gasteiger partial charge in [0, 0.05) is 0 Å². The van der Waals surface area contributed by atoms with Crippen LogP contribution in [-0.4, -0.2) is 43.8 Å². The van der Waals surface area contributed by atoms with Crippen LogP contribution in [0.4, 0.5) is 0 Å². The molecule has 0 aromatic heterocycles. The van der Waals surface area contributed by atoms with Gasteiger partial charge in [0.1, 0.15) is 0 Å². The third-order valence-electron chi connectivity index (χ3n) is 2.67. The Morgan fingerprint density at radius 3 is 1.15 bits per heavy atom. The fourth-order valence-corrected chi connectivity index (χ4v) is 0.807. The highest BCUT2D eigenvalue weighted by Gasteiger charge is 2.31. The van der Waals surface area contributed by atoms with E-state index in [1.807, 2.05) is 0 Å². The molecule has 6 heteroatoms. The molecule has 0 saturated carbocycles. The molecule has 0 bridgehead atoms. The molecule has 0 radical (unpaired) electrons. The Morgan fingerprint density at radius 2 is 1.05 bits per heavy atom. The van der Waals surface area contributed by atoms with Crippen molar-refractivity contribution in [3.05, 3.63) is 35.4 Å². The van der Waals surface area contributed by atoms with Crippen molar-refractivity contribution in [1.82, 2.24) is 0 Å². The molecule has 1 aromatic rings. The molecule has 0 atom stereocenters. The minimum atomic E-state index is -2.17. The highest BCUT2D eigenvalue weighted by Crippen LogP contribution is 2.19. The van der Waals surface area contributed by atoms with Crippen LogP contribution in [0.5, 0.6) is 0 Å². The van der Waals surface area contributed by atoms with E-state index in [9.17, 15) is 0 Å². The normalized spacial score (nSPS) is 10.8. The van der Waals surface area contributed by atoms with E-state index in [-0.39, 0.29) is 0 Å². The summed E-state index contributed by atoms with van der Waals surface area (Å²) in [6, 6.07) is 8.45. The Bertz CT molecular complexity index is 335. The van der Waals surface area contributed by atoms with E-state index in [1.54, 1.807) is 27.7 Å². The van der Waals surface area contributed by atoms with Gasteiger partial charge in [-0.25, -0.2) is 0 Å². The molecule has 5 nitrogen and oxygen atoms in total. The van der Waals surface area contributed by atoms with E-state index in [4.69, 9.17) is 25.3 Å². The van der Waals surface area contributed by atoms with Gasteiger partial charge >= 0.3 is 7.32 Å². The second-order valence-corrected chi connectivity index (χ2v) is 5.62. The summed E-state index contributed by atoms with van der Waals surface area (Å²) in [7, 11) is -2.17.